The van der Waals surface area contributed by atoms with E-state index in [9.17, 15) is 4.79 Å². The van der Waals surface area contributed by atoms with Crippen molar-refractivity contribution in [3.8, 4) is 0 Å². The van der Waals surface area contributed by atoms with E-state index in [1.165, 1.54) is 11.3 Å². The maximum atomic E-state index is 11.9. The minimum absolute atomic E-state index is 0.0464. The lowest BCUT2D eigenvalue weighted by molar-refractivity contribution is -0.119. The summed E-state index contributed by atoms with van der Waals surface area (Å²) >= 11 is 7.37. The Bertz CT molecular complexity index is 592. The summed E-state index contributed by atoms with van der Waals surface area (Å²) in [6.07, 6.45) is 0.891. The molecule has 0 bridgehead atoms. The number of aromatic nitrogens is 1. The molecule has 18 heavy (non-hydrogen) atoms. The number of thiazole rings is 1. The second kappa shape index (κ2) is 4.84. The third kappa shape index (κ3) is 2.34. The standard InChI is InChI=1S/C12H12ClN3OS/c13-8-1-2-9-10(5-8)18-12(15-9)16-11(17)7-3-4-14-6-7/h1-2,5,7,14H,3-4,6H2,(H,15,16,17). The number of amides is 1. The van der Waals surface area contributed by atoms with Gasteiger partial charge < -0.3 is 10.6 Å². The van der Waals surface area contributed by atoms with Crippen LogP contribution in [-0.4, -0.2) is 24.0 Å². The fraction of sp³-hybridized carbons (Fsp3) is 0.333. The molecule has 1 aliphatic rings. The molecule has 0 aliphatic carbocycles. The maximum absolute atomic E-state index is 11.9. The van der Waals surface area contributed by atoms with Crippen LogP contribution in [0.25, 0.3) is 10.2 Å². The van der Waals surface area contributed by atoms with E-state index in [1.54, 1.807) is 6.07 Å². The monoisotopic (exact) mass is 281 g/mol. The number of rotatable bonds is 2. The van der Waals surface area contributed by atoms with Crippen LogP contribution in [0.15, 0.2) is 18.2 Å². The number of nitrogens with zero attached hydrogens (tertiary/aromatic N) is 1. The zero-order chi connectivity index (χ0) is 12.5. The van der Waals surface area contributed by atoms with Crippen LogP contribution < -0.4 is 10.6 Å². The molecule has 1 amide bonds. The van der Waals surface area contributed by atoms with Crippen LogP contribution in [0.5, 0.6) is 0 Å². The summed E-state index contributed by atoms with van der Waals surface area (Å²) in [7, 11) is 0. The Labute approximate surface area is 113 Å². The molecule has 2 N–H and O–H groups in total. The number of hydrogen-bond acceptors (Lipinski definition) is 4. The summed E-state index contributed by atoms with van der Waals surface area (Å²) in [5.74, 6) is 0.103. The molecule has 6 heteroatoms. The van der Waals surface area contributed by atoms with Gasteiger partial charge in [-0.25, -0.2) is 4.98 Å². The first-order valence-corrected chi connectivity index (χ1v) is 6.99. The van der Waals surface area contributed by atoms with Crippen molar-refractivity contribution in [1.29, 1.82) is 0 Å². The van der Waals surface area contributed by atoms with Gasteiger partial charge in [-0.05, 0) is 31.2 Å². The molecule has 1 atom stereocenters. The normalized spacial score (nSPS) is 19.3. The molecule has 1 aromatic heterocycles. The second-order valence-corrected chi connectivity index (χ2v) is 5.78. The van der Waals surface area contributed by atoms with E-state index in [-0.39, 0.29) is 11.8 Å². The van der Waals surface area contributed by atoms with Crippen molar-refractivity contribution < 1.29 is 4.79 Å². The Morgan fingerprint density at radius 3 is 3.22 bits per heavy atom. The van der Waals surface area contributed by atoms with E-state index in [0.29, 0.717) is 10.2 Å². The minimum atomic E-state index is 0.0464. The molecule has 1 saturated heterocycles. The fourth-order valence-electron chi connectivity index (χ4n) is 2.04. The zero-order valence-corrected chi connectivity index (χ0v) is 11.1. The molecular formula is C12H12ClN3OS. The summed E-state index contributed by atoms with van der Waals surface area (Å²) < 4.78 is 0.988. The van der Waals surface area contributed by atoms with Gasteiger partial charge >= 0.3 is 0 Å². The number of anilines is 1. The topological polar surface area (TPSA) is 54.0 Å². The van der Waals surface area contributed by atoms with Crippen molar-refractivity contribution in [2.24, 2.45) is 5.92 Å². The number of halogens is 1. The molecule has 0 radical (unpaired) electrons. The molecule has 2 aromatic rings. The van der Waals surface area contributed by atoms with Crippen molar-refractivity contribution in [3.05, 3.63) is 23.2 Å². The zero-order valence-electron chi connectivity index (χ0n) is 9.57. The largest absolute Gasteiger partial charge is 0.316 e. The predicted molar refractivity (Wildman–Crippen MR) is 74.2 cm³/mol. The van der Waals surface area contributed by atoms with E-state index >= 15 is 0 Å². The second-order valence-electron chi connectivity index (χ2n) is 4.31. The van der Waals surface area contributed by atoms with E-state index < -0.39 is 0 Å². The number of fused-ring (bicyclic) bond motifs is 1. The summed E-state index contributed by atoms with van der Waals surface area (Å²) in [4.78, 5) is 16.3. The summed E-state index contributed by atoms with van der Waals surface area (Å²) in [6.45, 7) is 1.66. The Morgan fingerprint density at radius 2 is 2.44 bits per heavy atom. The Hall–Kier alpha value is -1.17. The van der Waals surface area contributed by atoms with Gasteiger partial charge in [-0.1, -0.05) is 22.9 Å². The average molecular weight is 282 g/mol. The van der Waals surface area contributed by atoms with Crippen LogP contribution in [0, 0.1) is 5.92 Å². The lowest BCUT2D eigenvalue weighted by Crippen LogP contribution is -2.24. The number of carbonyl (C=O) groups excluding carboxylic acids is 1. The van der Waals surface area contributed by atoms with E-state index in [0.717, 1.165) is 29.7 Å². The van der Waals surface area contributed by atoms with Crippen LogP contribution in [0.2, 0.25) is 5.02 Å². The average Bonchev–Trinajstić information content (AvgIpc) is 2.95. The van der Waals surface area contributed by atoms with Crippen LogP contribution in [0.4, 0.5) is 5.13 Å². The van der Waals surface area contributed by atoms with Gasteiger partial charge in [0.25, 0.3) is 0 Å². The van der Waals surface area contributed by atoms with E-state index in [4.69, 9.17) is 11.6 Å². The summed E-state index contributed by atoms with van der Waals surface area (Å²) in [5, 5.41) is 7.38. The van der Waals surface area contributed by atoms with Crippen molar-refractivity contribution in [3.63, 3.8) is 0 Å². The highest BCUT2D eigenvalue weighted by molar-refractivity contribution is 7.22. The van der Waals surface area contributed by atoms with Crippen molar-refractivity contribution in [1.82, 2.24) is 10.3 Å². The van der Waals surface area contributed by atoms with Gasteiger partial charge in [-0.15, -0.1) is 0 Å². The molecule has 3 rings (SSSR count). The minimum Gasteiger partial charge on any atom is -0.316 e. The summed E-state index contributed by atoms with van der Waals surface area (Å²) in [5.41, 5.74) is 0.865. The Kier molecular flexibility index (Phi) is 3.20. The highest BCUT2D eigenvalue weighted by atomic mass is 35.5. The molecule has 2 heterocycles. The Balaban J connectivity index is 1.79. The predicted octanol–water partition coefficient (Wildman–Crippen LogP) is 2.50. The molecule has 0 spiro atoms. The lowest BCUT2D eigenvalue weighted by atomic mass is 10.1. The number of hydrogen-bond donors (Lipinski definition) is 2. The van der Waals surface area contributed by atoms with Gasteiger partial charge in [0, 0.05) is 11.6 Å². The fourth-order valence-corrected chi connectivity index (χ4v) is 3.18. The number of benzene rings is 1. The number of nitrogens with one attached hydrogen (secondary N) is 2. The maximum Gasteiger partial charge on any atom is 0.230 e. The van der Waals surface area contributed by atoms with Gasteiger partial charge in [-0.2, -0.15) is 0 Å². The van der Waals surface area contributed by atoms with Crippen LogP contribution in [0.1, 0.15) is 6.42 Å². The van der Waals surface area contributed by atoms with E-state index in [2.05, 4.69) is 15.6 Å². The third-order valence-corrected chi connectivity index (χ3v) is 4.18. The van der Waals surface area contributed by atoms with Gasteiger partial charge in [0.05, 0.1) is 16.1 Å². The molecule has 1 fully saturated rings. The van der Waals surface area contributed by atoms with Gasteiger partial charge in [0.1, 0.15) is 0 Å². The molecule has 1 unspecified atom stereocenters. The summed E-state index contributed by atoms with van der Waals surface area (Å²) in [6, 6.07) is 5.53. The van der Waals surface area contributed by atoms with Gasteiger partial charge in [0.2, 0.25) is 5.91 Å². The Morgan fingerprint density at radius 1 is 1.56 bits per heavy atom. The van der Waals surface area contributed by atoms with Crippen molar-refractivity contribution >= 4 is 44.2 Å². The molecule has 1 aliphatic heterocycles. The first-order valence-electron chi connectivity index (χ1n) is 5.80. The molecular weight excluding hydrogens is 270 g/mol. The number of carbonyl (C=O) groups is 1. The van der Waals surface area contributed by atoms with Crippen molar-refractivity contribution in [2.75, 3.05) is 18.4 Å². The van der Waals surface area contributed by atoms with Crippen molar-refractivity contribution in [2.45, 2.75) is 6.42 Å². The molecule has 94 valence electrons. The third-order valence-electron chi connectivity index (χ3n) is 3.01. The molecule has 0 saturated carbocycles. The molecule has 1 aromatic carbocycles. The quantitative estimate of drug-likeness (QED) is 0.889. The first kappa shape index (κ1) is 11.9. The highest BCUT2D eigenvalue weighted by Gasteiger charge is 2.23. The van der Waals surface area contributed by atoms with Crippen LogP contribution >= 0.6 is 22.9 Å². The van der Waals surface area contributed by atoms with E-state index in [1.807, 2.05) is 12.1 Å². The highest BCUT2D eigenvalue weighted by Crippen LogP contribution is 2.28. The SMILES string of the molecule is O=C(Nc1nc2ccc(Cl)cc2s1)C1CCNC1. The van der Waals surface area contributed by atoms with Gasteiger partial charge in [-0.3, -0.25) is 4.79 Å². The van der Waals surface area contributed by atoms with Crippen LogP contribution in [0.3, 0.4) is 0 Å². The lowest BCUT2D eigenvalue weighted by Gasteiger charge is -2.06. The first-order chi connectivity index (χ1) is 8.72. The van der Waals surface area contributed by atoms with Gasteiger partial charge in [0.15, 0.2) is 5.13 Å². The molecule has 4 nitrogen and oxygen atoms in total. The van der Waals surface area contributed by atoms with Crippen LogP contribution in [-0.2, 0) is 4.79 Å². The smallest absolute Gasteiger partial charge is 0.230 e.